The summed E-state index contributed by atoms with van der Waals surface area (Å²) in [6.07, 6.45) is 3.54. The van der Waals surface area contributed by atoms with E-state index in [0.717, 1.165) is 16.3 Å². The number of nitrogens with zero attached hydrogens (tertiary/aromatic N) is 4. The standard InChI is InChI=1S/C23H22ClN5O4/c1-23(2)32-18-17(10-30-12-3-4-13-15(24)5-7-26-16(13)9-12)31-22(19(18)33-23)29-8-6-14-20(25)27-11-28-21(14)29/h3-9,11,17-19,22H,10H2,1-2H3,(H2,25,27,28)/t17-,18-,19-,22-/m1/s1. The van der Waals surface area contributed by atoms with Crippen LogP contribution in [0.3, 0.4) is 0 Å². The first-order valence-electron chi connectivity index (χ1n) is 10.6. The van der Waals surface area contributed by atoms with Crippen LogP contribution in [0.2, 0.25) is 5.02 Å². The SMILES string of the molecule is CC1(C)O[C@@H]2[C@H](O1)[C@@H](COc1ccc3c(Cl)ccnc3c1)O[C@H]2n1ccc2c(N)ncnc21. The summed E-state index contributed by atoms with van der Waals surface area (Å²) in [6, 6.07) is 9.27. The summed E-state index contributed by atoms with van der Waals surface area (Å²) in [7, 11) is 0. The van der Waals surface area contributed by atoms with E-state index in [-0.39, 0.29) is 24.9 Å². The number of aromatic nitrogens is 4. The number of hydrogen-bond acceptors (Lipinski definition) is 8. The predicted octanol–water partition coefficient (Wildman–Crippen LogP) is 3.71. The molecular formula is C23H22ClN5O4. The molecule has 33 heavy (non-hydrogen) atoms. The predicted molar refractivity (Wildman–Crippen MR) is 122 cm³/mol. The van der Waals surface area contributed by atoms with E-state index in [9.17, 15) is 0 Å². The van der Waals surface area contributed by atoms with E-state index < -0.39 is 12.0 Å². The summed E-state index contributed by atoms with van der Waals surface area (Å²) >= 11 is 6.24. The van der Waals surface area contributed by atoms with Crippen molar-refractivity contribution in [3.63, 3.8) is 0 Å². The average molecular weight is 468 g/mol. The third-order valence-corrected chi connectivity index (χ3v) is 6.34. The number of halogens is 1. The van der Waals surface area contributed by atoms with Crippen LogP contribution >= 0.6 is 11.6 Å². The van der Waals surface area contributed by atoms with Crippen LogP contribution in [0.15, 0.2) is 49.1 Å². The maximum Gasteiger partial charge on any atom is 0.164 e. The lowest BCUT2D eigenvalue weighted by Crippen LogP contribution is -2.33. The minimum Gasteiger partial charge on any atom is -0.491 e. The monoisotopic (exact) mass is 467 g/mol. The van der Waals surface area contributed by atoms with Crippen LogP contribution in [0.4, 0.5) is 5.82 Å². The number of pyridine rings is 1. The third kappa shape index (κ3) is 3.48. The molecule has 2 fully saturated rings. The number of hydrogen-bond donors (Lipinski definition) is 1. The van der Waals surface area contributed by atoms with Crippen LogP contribution in [-0.4, -0.2) is 50.2 Å². The molecule has 4 atom stereocenters. The van der Waals surface area contributed by atoms with Gasteiger partial charge in [0, 0.05) is 23.8 Å². The highest BCUT2D eigenvalue weighted by molar-refractivity contribution is 6.35. The molecule has 3 aromatic heterocycles. The normalized spacial score (nSPS) is 26.2. The first kappa shape index (κ1) is 20.6. The Bertz CT molecular complexity index is 1360. The van der Waals surface area contributed by atoms with Crippen molar-refractivity contribution in [2.24, 2.45) is 0 Å². The summed E-state index contributed by atoms with van der Waals surface area (Å²) in [6.45, 7) is 4.07. The Hall–Kier alpha value is -2.98. The van der Waals surface area contributed by atoms with Gasteiger partial charge in [-0.15, -0.1) is 0 Å². The Labute approximate surface area is 194 Å². The lowest BCUT2D eigenvalue weighted by molar-refractivity contribution is -0.198. The molecule has 0 saturated carbocycles. The van der Waals surface area contributed by atoms with Gasteiger partial charge in [-0.05, 0) is 38.1 Å². The molecule has 0 spiro atoms. The molecule has 0 amide bonds. The maximum atomic E-state index is 6.39. The Morgan fingerprint density at radius 2 is 1.94 bits per heavy atom. The van der Waals surface area contributed by atoms with Crippen LogP contribution in [0.25, 0.3) is 21.9 Å². The molecule has 6 rings (SSSR count). The third-order valence-electron chi connectivity index (χ3n) is 6.01. The van der Waals surface area contributed by atoms with Crippen LogP contribution in [0.5, 0.6) is 5.75 Å². The number of nitrogens with two attached hydrogens (primary N) is 1. The van der Waals surface area contributed by atoms with Crippen LogP contribution in [-0.2, 0) is 14.2 Å². The topological polar surface area (TPSA) is 107 Å². The number of nitrogen functional groups attached to an aromatic ring is 1. The van der Waals surface area contributed by atoms with Gasteiger partial charge in [0.1, 0.15) is 48.5 Å². The summed E-state index contributed by atoms with van der Waals surface area (Å²) in [5.74, 6) is 0.351. The summed E-state index contributed by atoms with van der Waals surface area (Å²) in [5, 5.41) is 2.29. The second-order valence-electron chi connectivity index (χ2n) is 8.63. The van der Waals surface area contributed by atoms with Crippen LogP contribution in [0, 0.1) is 0 Å². The van der Waals surface area contributed by atoms with Gasteiger partial charge in [-0.1, -0.05) is 11.6 Å². The molecule has 4 aromatic rings. The van der Waals surface area contributed by atoms with Crippen molar-refractivity contribution >= 4 is 39.4 Å². The van der Waals surface area contributed by atoms with Gasteiger partial charge in [0.2, 0.25) is 0 Å². The Kier molecular flexibility index (Phi) is 4.70. The van der Waals surface area contributed by atoms with E-state index in [2.05, 4.69) is 15.0 Å². The zero-order chi connectivity index (χ0) is 22.7. The van der Waals surface area contributed by atoms with E-state index in [1.165, 1.54) is 6.33 Å². The number of benzene rings is 1. The largest absolute Gasteiger partial charge is 0.491 e. The fraction of sp³-hybridized carbons (Fsp3) is 0.348. The van der Waals surface area contributed by atoms with Crippen molar-refractivity contribution in [1.29, 1.82) is 0 Å². The van der Waals surface area contributed by atoms with E-state index in [1.54, 1.807) is 12.3 Å². The zero-order valence-corrected chi connectivity index (χ0v) is 18.8. The molecule has 5 heterocycles. The molecule has 0 unspecified atom stereocenters. The molecule has 9 nitrogen and oxygen atoms in total. The van der Waals surface area contributed by atoms with E-state index >= 15 is 0 Å². The lowest BCUT2D eigenvalue weighted by Gasteiger charge is -2.25. The maximum absolute atomic E-state index is 6.39. The highest BCUT2D eigenvalue weighted by Crippen LogP contribution is 2.44. The van der Waals surface area contributed by atoms with Gasteiger partial charge in [-0.2, -0.15) is 0 Å². The van der Waals surface area contributed by atoms with E-state index in [1.807, 2.05) is 48.9 Å². The summed E-state index contributed by atoms with van der Waals surface area (Å²) < 4.78 is 26.8. The number of ether oxygens (including phenoxy) is 4. The van der Waals surface area contributed by atoms with Gasteiger partial charge in [-0.25, -0.2) is 9.97 Å². The highest BCUT2D eigenvalue weighted by atomic mass is 35.5. The molecular weight excluding hydrogens is 446 g/mol. The molecule has 170 valence electrons. The minimum atomic E-state index is -0.740. The highest BCUT2D eigenvalue weighted by Gasteiger charge is 2.56. The van der Waals surface area contributed by atoms with Crippen molar-refractivity contribution in [2.45, 2.75) is 44.2 Å². The Balaban J connectivity index is 1.27. The van der Waals surface area contributed by atoms with Crippen molar-refractivity contribution in [3.8, 4) is 5.75 Å². The summed E-state index contributed by atoms with van der Waals surface area (Å²) in [5.41, 5.74) is 7.46. The number of fused-ring (bicyclic) bond motifs is 3. The van der Waals surface area contributed by atoms with E-state index in [4.69, 9.17) is 36.3 Å². The smallest absolute Gasteiger partial charge is 0.164 e. The van der Waals surface area contributed by atoms with Gasteiger partial charge in [0.25, 0.3) is 0 Å². The molecule has 2 aliphatic heterocycles. The van der Waals surface area contributed by atoms with Crippen LogP contribution in [0.1, 0.15) is 20.1 Å². The molecule has 1 aromatic carbocycles. The second kappa shape index (κ2) is 7.53. The van der Waals surface area contributed by atoms with Gasteiger partial charge < -0.3 is 29.2 Å². The minimum absolute atomic E-state index is 0.277. The first-order valence-corrected chi connectivity index (χ1v) is 11.0. The quantitative estimate of drug-likeness (QED) is 0.484. The van der Waals surface area contributed by atoms with Crippen LogP contribution < -0.4 is 10.5 Å². The molecule has 10 heteroatoms. The fourth-order valence-corrected chi connectivity index (χ4v) is 4.79. The average Bonchev–Trinajstić information content (AvgIpc) is 3.44. The summed E-state index contributed by atoms with van der Waals surface area (Å²) in [4.78, 5) is 12.8. The zero-order valence-electron chi connectivity index (χ0n) is 18.0. The van der Waals surface area contributed by atoms with Gasteiger partial charge in [0.15, 0.2) is 12.0 Å². The molecule has 2 aliphatic rings. The van der Waals surface area contributed by atoms with Gasteiger partial charge >= 0.3 is 0 Å². The fourth-order valence-electron chi connectivity index (χ4n) is 4.57. The van der Waals surface area contributed by atoms with E-state index in [0.29, 0.717) is 22.2 Å². The second-order valence-corrected chi connectivity index (χ2v) is 9.04. The van der Waals surface area contributed by atoms with Gasteiger partial charge in [-0.3, -0.25) is 4.98 Å². The van der Waals surface area contributed by atoms with Gasteiger partial charge in [0.05, 0.1) is 15.9 Å². The first-order chi connectivity index (χ1) is 15.9. The number of rotatable bonds is 4. The molecule has 0 aliphatic carbocycles. The lowest BCUT2D eigenvalue weighted by atomic mass is 10.1. The van der Waals surface area contributed by atoms with Crippen molar-refractivity contribution in [3.05, 3.63) is 54.1 Å². The van der Waals surface area contributed by atoms with Crippen molar-refractivity contribution < 1.29 is 18.9 Å². The Morgan fingerprint density at radius 1 is 1.09 bits per heavy atom. The van der Waals surface area contributed by atoms with Crippen molar-refractivity contribution in [2.75, 3.05) is 12.3 Å². The molecule has 2 saturated heterocycles. The molecule has 2 N–H and O–H groups in total. The van der Waals surface area contributed by atoms with Crippen molar-refractivity contribution in [1.82, 2.24) is 19.5 Å². The molecule has 0 bridgehead atoms. The molecule has 0 radical (unpaired) electrons. The number of anilines is 1. The Morgan fingerprint density at radius 3 is 2.82 bits per heavy atom.